The number of carbonyl (C=O) groups is 1. The van der Waals surface area contributed by atoms with E-state index in [1.165, 1.54) is 5.57 Å². The van der Waals surface area contributed by atoms with Crippen LogP contribution in [0.15, 0.2) is 11.6 Å². The van der Waals surface area contributed by atoms with E-state index >= 15 is 0 Å². The van der Waals surface area contributed by atoms with Crippen LogP contribution >= 0.6 is 0 Å². The maximum absolute atomic E-state index is 11.4. The van der Waals surface area contributed by atoms with E-state index in [0.29, 0.717) is 6.42 Å². The molecule has 0 aliphatic rings. The van der Waals surface area contributed by atoms with Crippen molar-refractivity contribution >= 4 is 5.78 Å². The van der Waals surface area contributed by atoms with Gasteiger partial charge in [-0.2, -0.15) is 0 Å². The number of unbranched alkanes of at least 4 members (excludes halogenated alkanes) is 1. The average Bonchev–Trinajstić information content (AvgIpc) is 1.96. The Morgan fingerprint density at radius 3 is 2.29 bits per heavy atom. The molecule has 0 aromatic carbocycles. The zero-order valence-electron chi connectivity index (χ0n) is 10.3. The van der Waals surface area contributed by atoms with Gasteiger partial charge >= 0.3 is 0 Å². The highest BCUT2D eigenvalue weighted by Crippen LogP contribution is 2.23. The molecule has 0 heterocycles. The first-order valence-corrected chi connectivity index (χ1v) is 5.55. The molecule has 0 aromatic rings. The Kier molecular flexibility index (Phi) is 5.75. The van der Waals surface area contributed by atoms with Crippen LogP contribution in [0.2, 0.25) is 0 Å². The Labute approximate surface area is 88.6 Å². The van der Waals surface area contributed by atoms with Gasteiger partial charge in [0.25, 0.3) is 0 Å². The Morgan fingerprint density at radius 2 is 1.86 bits per heavy atom. The van der Waals surface area contributed by atoms with Crippen molar-refractivity contribution in [1.29, 1.82) is 0 Å². The summed E-state index contributed by atoms with van der Waals surface area (Å²) in [6, 6.07) is 0. The fraction of sp³-hybridized carbons (Fsp3) is 0.769. The molecule has 0 atom stereocenters. The average molecular weight is 196 g/mol. The molecule has 0 rings (SSSR count). The molecule has 1 nitrogen and oxygen atoms in total. The van der Waals surface area contributed by atoms with E-state index in [1.54, 1.807) is 0 Å². The zero-order chi connectivity index (χ0) is 11.2. The minimum absolute atomic E-state index is 0.283. The van der Waals surface area contributed by atoms with E-state index < -0.39 is 0 Å². The first kappa shape index (κ1) is 13.4. The lowest BCUT2D eigenvalue weighted by molar-refractivity contribution is -0.114. The standard InChI is InChI=1S/C13H24O/c1-6-7-8-12(14)9-11(2)10-13(3,4)5/h9H,6-8,10H2,1-5H3. The summed E-state index contributed by atoms with van der Waals surface area (Å²) < 4.78 is 0. The van der Waals surface area contributed by atoms with Crippen LogP contribution in [0, 0.1) is 5.41 Å². The van der Waals surface area contributed by atoms with E-state index in [0.717, 1.165) is 19.3 Å². The van der Waals surface area contributed by atoms with E-state index in [1.807, 2.05) is 6.08 Å². The van der Waals surface area contributed by atoms with Crippen molar-refractivity contribution < 1.29 is 4.79 Å². The lowest BCUT2D eigenvalue weighted by Crippen LogP contribution is -2.06. The van der Waals surface area contributed by atoms with Crippen LogP contribution in [0.3, 0.4) is 0 Å². The van der Waals surface area contributed by atoms with E-state index in [4.69, 9.17) is 0 Å². The van der Waals surface area contributed by atoms with Crippen molar-refractivity contribution in [2.45, 2.75) is 60.3 Å². The molecule has 0 bridgehead atoms. The van der Waals surface area contributed by atoms with Crippen molar-refractivity contribution in [3.05, 3.63) is 11.6 Å². The molecule has 0 unspecified atom stereocenters. The van der Waals surface area contributed by atoms with Gasteiger partial charge < -0.3 is 0 Å². The first-order chi connectivity index (χ1) is 6.35. The highest BCUT2D eigenvalue weighted by molar-refractivity contribution is 5.90. The Balaban J connectivity index is 4.03. The van der Waals surface area contributed by atoms with Gasteiger partial charge in [-0.3, -0.25) is 4.79 Å². The first-order valence-electron chi connectivity index (χ1n) is 5.55. The van der Waals surface area contributed by atoms with Gasteiger partial charge in [0.1, 0.15) is 0 Å². The van der Waals surface area contributed by atoms with Gasteiger partial charge in [0.05, 0.1) is 0 Å². The number of hydrogen-bond acceptors (Lipinski definition) is 1. The summed E-state index contributed by atoms with van der Waals surface area (Å²) in [6.07, 6.45) is 5.64. The molecule has 0 aliphatic heterocycles. The number of hydrogen-bond donors (Lipinski definition) is 0. The van der Waals surface area contributed by atoms with Gasteiger partial charge in [0, 0.05) is 6.42 Å². The zero-order valence-corrected chi connectivity index (χ0v) is 10.3. The maximum atomic E-state index is 11.4. The summed E-state index contributed by atoms with van der Waals surface area (Å²) in [7, 11) is 0. The molecular weight excluding hydrogens is 172 g/mol. The van der Waals surface area contributed by atoms with Gasteiger partial charge in [-0.15, -0.1) is 0 Å². The van der Waals surface area contributed by atoms with Crippen LogP contribution < -0.4 is 0 Å². The molecule has 0 radical (unpaired) electrons. The normalized spacial score (nSPS) is 13.1. The second kappa shape index (κ2) is 6.00. The van der Waals surface area contributed by atoms with Crippen LogP contribution in [-0.2, 0) is 4.79 Å². The van der Waals surface area contributed by atoms with E-state index in [2.05, 4.69) is 34.6 Å². The van der Waals surface area contributed by atoms with Gasteiger partial charge in [0.2, 0.25) is 0 Å². The quantitative estimate of drug-likeness (QED) is 0.604. The third-order valence-electron chi connectivity index (χ3n) is 1.99. The summed E-state index contributed by atoms with van der Waals surface area (Å²) in [5.41, 5.74) is 1.49. The largest absolute Gasteiger partial charge is 0.295 e. The molecule has 0 aromatic heterocycles. The number of carbonyl (C=O) groups excluding carboxylic acids is 1. The van der Waals surface area contributed by atoms with Gasteiger partial charge in [0.15, 0.2) is 5.78 Å². The second-order valence-electron chi connectivity index (χ2n) is 5.30. The Hall–Kier alpha value is -0.590. The number of allylic oxidation sites excluding steroid dienone is 2. The molecule has 0 fully saturated rings. The second-order valence-corrected chi connectivity index (χ2v) is 5.30. The van der Waals surface area contributed by atoms with Crippen LogP contribution in [-0.4, -0.2) is 5.78 Å². The lowest BCUT2D eigenvalue weighted by Gasteiger charge is -2.18. The molecule has 0 saturated heterocycles. The highest BCUT2D eigenvalue weighted by Gasteiger charge is 2.11. The van der Waals surface area contributed by atoms with Crippen LogP contribution in [0.5, 0.6) is 0 Å². The fourth-order valence-corrected chi connectivity index (χ4v) is 1.59. The maximum Gasteiger partial charge on any atom is 0.155 e. The monoisotopic (exact) mass is 196 g/mol. The van der Waals surface area contributed by atoms with Crippen molar-refractivity contribution in [3.8, 4) is 0 Å². The molecular formula is C13H24O. The lowest BCUT2D eigenvalue weighted by atomic mass is 9.88. The summed E-state index contributed by atoms with van der Waals surface area (Å²) in [6.45, 7) is 10.7. The fourth-order valence-electron chi connectivity index (χ4n) is 1.59. The van der Waals surface area contributed by atoms with E-state index in [9.17, 15) is 4.79 Å². The van der Waals surface area contributed by atoms with Gasteiger partial charge in [-0.25, -0.2) is 0 Å². The third kappa shape index (κ3) is 8.03. The summed E-state index contributed by atoms with van der Waals surface area (Å²) in [5.74, 6) is 0.286. The predicted molar refractivity (Wildman–Crippen MR) is 62.4 cm³/mol. The minimum atomic E-state index is 0.283. The predicted octanol–water partition coefficient (Wildman–Crippen LogP) is 4.13. The number of rotatable bonds is 5. The molecule has 0 aliphatic carbocycles. The Bertz CT molecular complexity index is 206. The molecule has 0 saturated carbocycles. The smallest absolute Gasteiger partial charge is 0.155 e. The van der Waals surface area contributed by atoms with Crippen molar-refractivity contribution in [2.24, 2.45) is 5.41 Å². The van der Waals surface area contributed by atoms with Crippen LogP contribution in [0.25, 0.3) is 0 Å². The molecule has 1 heteroatoms. The molecule has 82 valence electrons. The number of ketones is 1. The van der Waals surface area contributed by atoms with Crippen molar-refractivity contribution in [3.63, 3.8) is 0 Å². The summed E-state index contributed by atoms with van der Waals surface area (Å²) >= 11 is 0. The summed E-state index contributed by atoms with van der Waals surface area (Å²) in [5, 5.41) is 0. The molecule has 0 spiro atoms. The highest BCUT2D eigenvalue weighted by atomic mass is 16.1. The Morgan fingerprint density at radius 1 is 1.29 bits per heavy atom. The molecule has 0 N–H and O–H groups in total. The molecule has 0 amide bonds. The molecule has 14 heavy (non-hydrogen) atoms. The van der Waals surface area contributed by atoms with Gasteiger partial charge in [-0.1, -0.05) is 39.7 Å². The summed E-state index contributed by atoms with van der Waals surface area (Å²) in [4.78, 5) is 11.4. The van der Waals surface area contributed by atoms with Crippen molar-refractivity contribution in [2.75, 3.05) is 0 Å². The van der Waals surface area contributed by atoms with Crippen LogP contribution in [0.1, 0.15) is 60.3 Å². The minimum Gasteiger partial charge on any atom is -0.295 e. The topological polar surface area (TPSA) is 17.1 Å². The van der Waals surface area contributed by atoms with Crippen molar-refractivity contribution in [1.82, 2.24) is 0 Å². The third-order valence-corrected chi connectivity index (χ3v) is 1.99. The SMILES string of the molecule is CCCCC(=O)C=C(C)CC(C)(C)C. The van der Waals surface area contributed by atoms with Crippen LogP contribution in [0.4, 0.5) is 0 Å². The van der Waals surface area contributed by atoms with Gasteiger partial charge in [-0.05, 0) is 31.3 Å². The van der Waals surface area contributed by atoms with E-state index in [-0.39, 0.29) is 11.2 Å².